The Balaban J connectivity index is 4.37. The number of ketones is 1. The lowest BCUT2D eigenvalue weighted by atomic mass is 9.93. The van der Waals surface area contributed by atoms with Crippen molar-refractivity contribution in [3.8, 4) is 0 Å². The zero-order valence-electron chi connectivity index (χ0n) is 9.36. The molecule has 5 nitrogen and oxygen atoms in total. The lowest BCUT2D eigenvalue weighted by Gasteiger charge is -2.24. The van der Waals surface area contributed by atoms with E-state index in [1.54, 1.807) is 13.8 Å². The van der Waals surface area contributed by atoms with E-state index in [-0.39, 0.29) is 5.92 Å². The predicted molar refractivity (Wildman–Crippen MR) is 51.9 cm³/mol. The Kier molecular flexibility index (Phi) is 4.61. The van der Waals surface area contributed by atoms with Crippen LogP contribution < -0.4 is 0 Å². The van der Waals surface area contributed by atoms with E-state index in [1.165, 1.54) is 13.8 Å². The fraction of sp³-hybridized carbons (Fsp3) is 0.700. The molecule has 0 fully saturated rings. The fourth-order valence-corrected chi connectivity index (χ4v) is 0.682. The number of aliphatic hydroxyl groups is 1. The third-order valence-corrected chi connectivity index (χ3v) is 2.14. The van der Waals surface area contributed by atoms with E-state index in [4.69, 9.17) is 0 Å². The van der Waals surface area contributed by atoms with Gasteiger partial charge in [0.1, 0.15) is 12.2 Å². The van der Waals surface area contributed by atoms with Gasteiger partial charge in [-0.3, -0.25) is 9.59 Å². The van der Waals surface area contributed by atoms with Crippen LogP contribution in [0, 0.1) is 5.92 Å². The van der Waals surface area contributed by atoms with Crippen LogP contribution in [0.25, 0.3) is 0 Å². The van der Waals surface area contributed by atoms with Crippen molar-refractivity contribution in [1.82, 2.24) is 0 Å². The van der Waals surface area contributed by atoms with Crippen LogP contribution in [0.1, 0.15) is 34.1 Å². The maximum atomic E-state index is 11.3. The van der Waals surface area contributed by atoms with Crippen molar-refractivity contribution in [1.29, 1.82) is 0 Å². The maximum absolute atomic E-state index is 11.3. The molecule has 1 N–H and O–H groups in total. The largest absolute Gasteiger partial charge is 0.391 e. The predicted octanol–water partition coefficient (Wildman–Crippen LogP) is 0.442. The van der Waals surface area contributed by atoms with Gasteiger partial charge in [0, 0.05) is 0 Å². The van der Waals surface area contributed by atoms with Crippen molar-refractivity contribution in [2.75, 3.05) is 0 Å². The smallest absolute Gasteiger partial charge is 0.345 e. The Morgan fingerprint density at radius 3 is 2.13 bits per heavy atom. The van der Waals surface area contributed by atoms with Crippen LogP contribution in [0.2, 0.25) is 0 Å². The molecule has 1 unspecified atom stereocenters. The molecule has 0 saturated carbocycles. The molecule has 0 aromatic heterocycles. The molecule has 0 heterocycles. The topological polar surface area (TPSA) is 80.7 Å². The number of carbonyl (C=O) groups excluding carboxylic acids is 3. The van der Waals surface area contributed by atoms with Gasteiger partial charge in [-0.15, -0.1) is 0 Å². The van der Waals surface area contributed by atoms with Gasteiger partial charge in [-0.2, -0.15) is 0 Å². The van der Waals surface area contributed by atoms with Crippen LogP contribution >= 0.6 is 0 Å². The zero-order chi connectivity index (χ0) is 12.2. The molecule has 0 aromatic rings. The summed E-state index contributed by atoms with van der Waals surface area (Å²) < 4.78 is 4.34. The summed E-state index contributed by atoms with van der Waals surface area (Å²) in [5.41, 5.74) is -1.72. The van der Waals surface area contributed by atoms with Gasteiger partial charge in [0.15, 0.2) is 5.60 Å². The van der Waals surface area contributed by atoms with E-state index in [0.717, 1.165) is 0 Å². The molecular formula is C10H16O5. The van der Waals surface area contributed by atoms with Crippen LogP contribution in [0.3, 0.4) is 0 Å². The SMILES string of the molecule is CC(=O)CC(=O)OC(=O)C(C)(O)C(C)C. The first-order chi connectivity index (χ1) is 6.67. The van der Waals surface area contributed by atoms with Crippen molar-refractivity contribution in [2.24, 2.45) is 5.92 Å². The maximum Gasteiger partial charge on any atom is 0.345 e. The number of Topliss-reactive ketones (excluding diaryl/α,β-unsaturated/α-hetero) is 1. The first-order valence-corrected chi connectivity index (χ1v) is 4.64. The highest BCUT2D eigenvalue weighted by atomic mass is 16.6. The standard InChI is InChI=1S/C10H16O5/c1-6(2)10(4,14)9(13)15-8(12)5-7(3)11/h6,14H,5H2,1-4H3. The Morgan fingerprint density at radius 2 is 1.80 bits per heavy atom. The van der Waals surface area contributed by atoms with Gasteiger partial charge in [-0.05, 0) is 19.8 Å². The van der Waals surface area contributed by atoms with Crippen LogP contribution in [0.4, 0.5) is 0 Å². The van der Waals surface area contributed by atoms with Crippen LogP contribution in [0.5, 0.6) is 0 Å². The molecule has 15 heavy (non-hydrogen) atoms. The second-order valence-corrected chi connectivity index (χ2v) is 3.94. The summed E-state index contributed by atoms with van der Waals surface area (Å²) in [5.74, 6) is -2.73. The summed E-state index contributed by atoms with van der Waals surface area (Å²) in [6.07, 6.45) is -0.458. The molecule has 5 heteroatoms. The molecule has 0 aromatic carbocycles. The quantitative estimate of drug-likeness (QED) is 0.545. The van der Waals surface area contributed by atoms with Gasteiger partial charge < -0.3 is 9.84 Å². The first-order valence-electron chi connectivity index (χ1n) is 4.64. The summed E-state index contributed by atoms with van der Waals surface area (Å²) in [6, 6.07) is 0. The highest BCUT2D eigenvalue weighted by molar-refractivity contribution is 5.99. The summed E-state index contributed by atoms with van der Waals surface area (Å²) >= 11 is 0. The molecule has 0 radical (unpaired) electrons. The average molecular weight is 216 g/mol. The summed E-state index contributed by atoms with van der Waals surface area (Å²) in [7, 11) is 0. The van der Waals surface area contributed by atoms with Crippen LogP contribution in [-0.4, -0.2) is 28.4 Å². The molecule has 0 amide bonds. The monoisotopic (exact) mass is 216 g/mol. The normalized spacial score (nSPS) is 14.5. The highest BCUT2D eigenvalue weighted by Gasteiger charge is 2.37. The third-order valence-electron chi connectivity index (χ3n) is 2.14. The van der Waals surface area contributed by atoms with E-state index in [2.05, 4.69) is 4.74 Å². The Morgan fingerprint density at radius 1 is 1.33 bits per heavy atom. The molecular weight excluding hydrogens is 200 g/mol. The third kappa shape index (κ3) is 4.20. The molecule has 0 spiro atoms. The van der Waals surface area contributed by atoms with Crippen molar-refractivity contribution < 1.29 is 24.2 Å². The van der Waals surface area contributed by atoms with Gasteiger partial charge in [0.25, 0.3) is 0 Å². The van der Waals surface area contributed by atoms with Gasteiger partial charge in [-0.1, -0.05) is 13.8 Å². The van der Waals surface area contributed by atoms with Crippen LogP contribution in [-0.2, 0) is 19.1 Å². The number of rotatable bonds is 4. The minimum Gasteiger partial charge on any atom is -0.391 e. The lowest BCUT2D eigenvalue weighted by molar-refractivity contribution is -0.176. The first kappa shape index (κ1) is 13.8. The van der Waals surface area contributed by atoms with Gasteiger partial charge in [0.2, 0.25) is 0 Å². The van der Waals surface area contributed by atoms with Gasteiger partial charge in [-0.25, -0.2) is 4.79 Å². The van der Waals surface area contributed by atoms with Gasteiger partial charge >= 0.3 is 11.9 Å². The summed E-state index contributed by atoms with van der Waals surface area (Å²) in [5, 5.41) is 9.63. The van der Waals surface area contributed by atoms with Crippen molar-refractivity contribution in [3.05, 3.63) is 0 Å². The number of hydrogen-bond donors (Lipinski definition) is 1. The van der Waals surface area contributed by atoms with E-state index in [0.29, 0.717) is 0 Å². The summed E-state index contributed by atoms with van der Waals surface area (Å²) in [4.78, 5) is 32.8. The van der Waals surface area contributed by atoms with Crippen molar-refractivity contribution in [2.45, 2.75) is 39.7 Å². The van der Waals surface area contributed by atoms with Gasteiger partial charge in [0.05, 0.1) is 0 Å². The highest BCUT2D eigenvalue weighted by Crippen LogP contribution is 2.17. The molecule has 0 rings (SSSR count). The Bertz CT molecular complexity index is 278. The molecule has 0 aliphatic heterocycles. The second-order valence-electron chi connectivity index (χ2n) is 3.94. The Hall–Kier alpha value is -1.23. The van der Waals surface area contributed by atoms with E-state index < -0.39 is 29.7 Å². The fourth-order valence-electron chi connectivity index (χ4n) is 0.682. The summed E-state index contributed by atoms with van der Waals surface area (Å²) in [6.45, 7) is 5.72. The van der Waals surface area contributed by atoms with E-state index in [1.807, 2.05) is 0 Å². The molecule has 1 atom stereocenters. The lowest BCUT2D eigenvalue weighted by Crippen LogP contribution is -2.42. The minimum absolute atomic E-state index is 0.380. The van der Waals surface area contributed by atoms with Crippen molar-refractivity contribution >= 4 is 17.7 Å². The van der Waals surface area contributed by atoms with E-state index in [9.17, 15) is 19.5 Å². The van der Waals surface area contributed by atoms with Crippen molar-refractivity contribution in [3.63, 3.8) is 0 Å². The molecule has 0 aliphatic carbocycles. The number of ether oxygens (including phenoxy) is 1. The minimum atomic E-state index is -1.72. The van der Waals surface area contributed by atoms with Crippen LogP contribution in [0.15, 0.2) is 0 Å². The number of esters is 2. The molecule has 0 aliphatic rings. The number of carbonyl (C=O) groups is 3. The molecule has 0 saturated heterocycles. The number of hydrogen-bond acceptors (Lipinski definition) is 5. The molecule has 0 bridgehead atoms. The van der Waals surface area contributed by atoms with E-state index >= 15 is 0 Å². The zero-order valence-corrected chi connectivity index (χ0v) is 9.36. The second kappa shape index (κ2) is 5.02. The molecule has 86 valence electrons. The Labute approximate surface area is 88.4 Å². The average Bonchev–Trinajstić information content (AvgIpc) is 2.01.